The summed E-state index contributed by atoms with van der Waals surface area (Å²) in [6.07, 6.45) is -0.00194. The molecule has 1 aliphatic heterocycles. The summed E-state index contributed by atoms with van der Waals surface area (Å²) in [5.41, 5.74) is 2.47. The molecule has 1 aromatic rings. The Bertz CT molecular complexity index is 480. The molecule has 1 saturated heterocycles. The van der Waals surface area contributed by atoms with Crippen molar-refractivity contribution in [3.63, 3.8) is 0 Å². The van der Waals surface area contributed by atoms with Crippen molar-refractivity contribution >= 4 is 11.9 Å². The first-order valence-electron chi connectivity index (χ1n) is 7.21. The average Bonchev–Trinajstić information content (AvgIpc) is 2.80. The molecule has 2 unspecified atom stereocenters. The van der Waals surface area contributed by atoms with Gasteiger partial charge in [-0.2, -0.15) is 15.0 Å². The zero-order valence-electron chi connectivity index (χ0n) is 13.4. The predicted molar refractivity (Wildman–Crippen MR) is 82.3 cm³/mol. The van der Waals surface area contributed by atoms with Crippen LogP contribution in [0.2, 0.25) is 0 Å². The second kappa shape index (κ2) is 6.40. The van der Waals surface area contributed by atoms with Crippen LogP contribution in [0.15, 0.2) is 0 Å². The van der Waals surface area contributed by atoms with Crippen LogP contribution in [-0.2, 0) is 0 Å². The number of anilines is 2. The van der Waals surface area contributed by atoms with Gasteiger partial charge >= 0.3 is 6.01 Å². The lowest BCUT2D eigenvalue weighted by Gasteiger charge is -2.22. The normalized spacial score (nSPS) is 22.2. The highest BCUT2D eigenvalue weighted by Crippen LogP contribution is 2.25. The number of hydrogen-bond acceptors (Lipinski definition) is 8. The number of nitrogens with zero attached hydrogens (tertiary/aromatic N) is 5. The van der Waals surface area contributed by atoms with Crippen LogP contribution >= 0.6 is 0 Å². The van der Waals surface area contributed by atoms with Gasteiger partial charge in [-0.05, 0) is 33.9 Å². The van der Waals surface area contributed by atoms with Crippen LogP contribution in [0.3, 0.4) is 0 Å². The summed E-state index contributed by atoms with van der Waals surface area (Å²) < 4.78 is 5.56. The maximum absolute atomic E-state index is 5.56. The fraction of sp³-hybridized carbons (Fsp3) is 0.769. The summed E-state index contributed by atoms with van der Waals surface area (Å²) in [5.74, 6) is 6.89. The molecular weight excluding hydrogens is 270 g/mol. The average molecular weight is 295 g/mol. The highest BCUT2D eigenvalue weighted by molar-refractivity contribution is 5.39. The van der Waals surface area contributed by atoms with E-state index in [4.69, 9.17) is 10.6 Å². The van der Waals surface area contributed by atoms with Crippen LogP contribution in [0.25, 0.3) is 0 Å². The highest BCUT2D eigenvalue weighted by Gasteiger charge is 2.32. The first-order chi connectivity index (χ1) is 9.90. The Balaban J connectivity index is 2.23. The molecule has 0 amide bonds. The molecule has 0 saturated carbocycles. The van der Waals surface area contributed by atoms with Gasteiger partial charge in [0.05, 0.1) is 6.10 Å². The Morgan fingerprint density at radius 2 is 2.00 bits per heavy atom. The lowest BCUT2D eigenvalue weighted by atomic mass is 10.1. The number of nitrogens with one attached hydrogen (secondary N) is 1. The summed E-state index contributed by atoms with van der Waals surface area (Å²) >= 11 is 0. The minimum Gasteiger partial charge on any atom is -0.461 e. The SMILES string of the molecule is CC(C)Oc1nc(NN)nc(N2CC(C)C(N(C)C)C2)n1. The molecule has 1 fully saturated rings. The largest absolute Gasteiger partial charge is 0.461 e. The van der Waals surface area contributed by atoms with E-state index in [1.165, 1.54) is 0 Å². The molecule has 2 atom stereocenters. The van der Waals surface area contributed by atoms with Gasteiger partial charge in [-0.15, -0.1) is 0 Å². The van der Waals surface area contributed by atoms with Gasteiger partial charge in [0.25, 0.3) is 0 Å². The maximum Gasteiger partial charge on any atom is 0.323 e. The molecule has 0 aliphatic carbocycles. The van der Waals surface area contributed by atoms with E-state index in [9.17, 15) is 0 Å². The van der Waals surface area contributed by atoms with Crippen LogP contribution in [0.4, 0.5) is 11.9 Å². The van der Waals surface area contributed by atoms with Gasteiger partial charge in [-0.1, -0.05) is 6.92 Å². The number of nitrogen functional groups attached to an aromatic ring is 1. The smallest absolute Gasteiger partial charge is 0.323 e. The van der Waals surface area contributed by atoms with Crippen molar-refractivity contribution in [2.45, 2.75) is 32.9 Å². The minimum atomic E-state index is -0.00194. The van der Waals surface area contributed by atoms with E-state index >= 15 is 0 Å². The lowest BCUT2D eigenvalue weighted by molar-refractivity contribution is 0.222. The monoisotopic (exact) mass is 295 g/mol. The maximum atomic E-state index is 5.56. The van der Waals surface area contributed by atoms with Crippen molar-refractivity contribution in [3.05, 3.63) is 0 Å². The molecule has 2 rings (SSSR count). The number of rotatable bonds is 5. The van der Waals surface area contributed by atoms with E-state index in [0.717, 1.165) is 13.1 Å². The van der Waals surface area contributed by atoms with Crippen molar-refractivity contribution in [2.75, 3.05) is 37.5 Å². The van der Waals surface area contributed by atoms with Gasteiger partial charge in [-0.25, -0.2) is 5.84 Å². The van der Waals surface area contributed by atoms with Crippen LogP contribution in [-0.4, -0.2) is 59.2 Å². The van der Waals surface area contributed by atoms with Crippen molar-refractivity contribution in [2.24, 2.45) is 11.8 Å². The Labute approximate surface area is 125 Å². The molecule has 0 radical (unpaired) electrons. The van der Waals surface area contributed by atoms with Gasteiger partial charge in [0.1, 0.15) is 0 Å². The molecule has 8 nitrogen and oxygen atoms in total. The van der Waals surface area contributed by atoms with Crippen molar-refractivity contribution in [3.8, 4) is 6.01 Å². The molecular formula is C13H25N7O. The Morgan fingerprint density at radius 3 is 2.52 bits per heavy atom. The minimum absolute atomic E-state index is 0.00194. The summed E-state index contributed by atoms with van der Waals surface area (Å²) in [5, 5.41) is 0. The third-order valence-electron chi connectivity index (χ3n) is 3.59. The van der Waals surface area contributed by atoms with E-state index in [1.54, 1.807) is 0 Å². The van der Waals surface area contributed by atoms with E-state index in [2.05, 4.69) is 51.2 Å². The second-order valence-corrected chi connectivity index (χ2v) is 5.97. The van der Waals surface area contributed by atoms with Gasteiger partial charge in [-0.3, -0.25) is 5.43 Å². The number of likely N-dealkylation sites (N-methyl/N-ethyl adjacent to an activating group) is 1. The van der Waals surface area contributed by atoms with Crippen molar-refractivity contribution < 1.29 is 4.74 Å². The Hall–Kier alpha value is -1.67. The predicted octanol–water partition coefficient (Wildman–Crippen LogP) is 0.331. The zero-order chi connectivity index (χ0) is 15.6. The summed E-state index contributed by atoms with van der Waals surface area (Å²) in [6.45, 7) is 7.87. The summed E-state index contributed by atoms with van der Waals surface area (Å²) in [4.78, 5) is 17.2. The fourth-order valence-electron chi connectivity index (χ4n) is 2.60. The molecule has 1 aromatic heterocycles. The summed E-state index contributed by atoms with van der Waals surface area (Å²) in [6, 6.07) is 0.773. The first kappa shape index (κ1) is 15.7. The molecule has 0 aromatic carbocycles. The van der Waals surface area contributed by atoms with E-state index in [0.29, 0.717) is 29.9 Å². The lowest BCUT2D eigenvalue weighted by Crippen LogP contribution is -2.34. The molecule has 8 heteroatoms. The topological polar surface area (TPSA) is 92.4 Å². The van der Waals surface area contributed by atoms with Gasteiger partial charge in [0.2, 0.25) is 11.9 Å². The number of ether oxygens (including phenoxy) is 1. The highest BCUT2D eigenvalue weighted by atomic mass is 16.5. The van der Waals surface area contributed by atoms with Gasteiger partial charge in [0.15, 0.2) is 0 Å². The Morgan fingerprint density at radius 1 is 1.29 bits per heavy atom. The van der Waals surface area contributed by atoms with Crippen LogP contribution in [0.1, 0.15) is 20.8 Å². The molecule has 21 heavy (non-hydrogen) atoms. The second-order valence-electron chi connectivity index (χ2n) is 5.97. The molecule has 0 spiro atoms. The number of aromatic nitrogens is 3. The quantitative estimate of drug-likeness (QED) is 0.593. The van der Waals surface area contributed by atoms with Crippen molar-refractivity contribution in [1.29, 1.82) is 0 Å². The third kappa shape index (κ3) is 3.70. The van der Waals surface area contributed by atoms with Gasteiger partial charge in [0, 0.05) is 19.1 Å². The van der Waals surface area contributed by atoms with E-state index in [-0.39, 0.29) is 6.10 Å². The zero-order valence-corrected chi connectivity index (χ0v) is 13.4. The van der Waals surface area contributed by atoms with Crippen LogP contribution in [0, 0.1) is 5.92 Å². The third-order valence-corrected chi connectivity index (χ3v) is 3.59. The van der Waals surface area contributed by atoms with Crippen LogP contribution < -0.4 is 20.9 Å². The number of nitrogens with two attached hydrogens (primary N) is 1. The molecule has 118 valence electrons. The Kier molecular flexibility index (Phi) is 4.79. The first-order valence-corrected chi connectivity index (χ1v) is 7.21. The van der Waals surface area contributed by atoms with E-state index < -0.39 is 0 Å². The van der Waals surface area contributed by atoms with Gasteiger partial charge < -0.3 is 14.5 Å². The molecule has 3 N–H and O–H groups in total. The van der Waals surface area contributed by atoms with Crippen LogP contribution in [0.5, 0.6) is 6.01 Å². The molecule has 0 bridgehead atoms. The van der Waals surface area contributed by atoms with Crippen molar-refractivity contribution in [1.82, 2.24) is 19.9 Å². The molecule has 1 aliphatic rings. The fourth-order valence-corrected chi connectivity index (χ4v) is 2.60. The van der Waals surface area contributed by atoms with E-state index in [1.807, 2.05) is 13.8 Å². The summed E-state index contributed by atoms with van der Waals surface area (Å²) in [7, 11) is 4.19. The number of hydrogen-bond donors (Lipinski definition) is 2. The standard InChI is InChI=1S/C13H25N7O/c1-8(2)21-13-16-11(18-14)15-12(17-13)20-6-9(3)10(7-20)19(4)5/h8-10H,6-7,14H2,1-5H3,(H,15,16,17,18). The molecule has 2 heterocycles. The number of hydrazine groups is 1.